The summed E-state index contributed by atoms with van der Waals surface area (Å²) in [4.78, 5) is 39.7. The zero-order chi connectivity index (χ0) is 48.0. The van der Waals surface area contributed by atoms with E-state index < -0.39 is 17.4 Å². The lowest BCUT2D eigenvalue weighted by molar-refractivity contribution is -0.248. The Bertz CT molecular complexity index is 2110. The number of carbonyl (C=O) groups excluding carboxylic acids is 1. The molecule has 0 spiro atoms. The van der Waals surface area contributed by atoms with Crippen LogP contribution in [0, 0.1) is 62.6 Å². The number of hydrogen-bond acceptors (Lipinski definition) is 6. The number of benzene rings is 2. The number of nitrogens with one attached hydrogen (secondary N) is 1. The topological polar surface area (TPSA) is 136 Å². The highest BCUT2D eigenvalue weighted by Gasteiger charge is 2.72. The molecular weight excluding hydrogens is 825 g/mol. The van der Waals surface area contributed by atoms with E-state index in [4.69, 9.17) is 4.74 Å². The summed E-state index contributed by atoms with van der Waals surface area (Å²) in [6.45, 7) is 27.5. The lowest BCUT2D eigenvalue weighted by Gasteiger charge is -2.72. The lowest BCUT2D eigenvalue weighted by atomic mass is 9.32. The molecular formula is C57H84N2O7. The van der Waals surface area contributed by atoms with Crippen LogP contribution in [0.2, 0.25) is 0 Å². The van der Waals surface area contributed by atoms with Crippen molar-refractivity contribution in [1.82, 2.24) is 5.32 Å². The summed E-state index contributed by atoms with van der Waals surface area (Å²) in [5, 5.41) is 34.0. The van der Waals surface area contributed by atoms with Crippen molar-refractivity contribution in [3.63, 3.8) is 0 Å². The van der Waals surface area contributed by atoms with Crippen LogP contribution in [-0.2, 0) is 16.0 Å². The molecule has 5 saturated carbocycles. The molecule has 2 aromatic rings. The van der Waals surface area contributed by atoms with Gasteiger partial charge in [0.15, 0.2) is 0 Å². The molecule has 1 heterocycles. The minimum Gasteiger partial charge on any atom is -0.493 e. The number of hydrogen-bond donors (Lipinski definition) is 4. The summed E-state index contributed by atoms with van der Waals surface area (Å²) in [6, 6.07) is 13.2. The Hall–Kier alpha value is -3.85. The van der Waals surface area contributed by atoms with E-state index in [2.05, 4.69) is 90.4 Å². The molecule has 0 unspecified atom stereocenters. The normalized spacial score (nSPS) is 34.9. The van der Waals surface area contributed by atoms with Crippen LogP contribution >= 0.6 is 0 Å². The average Bonchev–Trinajstić information content (AvgIpc) is 3.67. The average molecular weight is 909 g/mol. The van der Waals surface area contributed by atoms with Crippen molar-refractivity contribution in [3.05, 3.63) is 71.3 Å². The number of carbonyl (C=O) groups is 3. The van der Waals surface area contributed by atoms with Crippen LogP contribution in [0.1, 0.15) is 180 Å². The third-order valence-electron chi connectivity index (χ3n) is 19.5. The molecule has 11 atom stereocenters. The van der Waals surface area contributed by atoms with Crippen molar-refractivity contribution >= 4 is 23.5 Å². The molecule has 1 aliphatic heterocycles. The Morgan fingerprint density at radius 3 is 2.21 bits per heavy atom. The summed E-state index contributed by atoms with van der Waals surface area (Å²) in [6.07, 6.45) is 15.1. The van der Waals surface area contributed by atoms with Gasteiger partial charge in [-0.3, -0.25) is 9.59 Å². The molecule has 6 fully saturated rings. The van der Waals surface area contributed by atoms with Crippen LogP contribution in [0.5, 0.6) is 5.75 Å². The number of aromatic carboxylic acids is 1. The number of para-hydroxylation sites is 1. The van der Waals surface area contributed by atoms with E-state index in [0.29, 0.717) is 41.9 Å². The first-order chi connectivity index (χ1) is 31.1. The standard InChI is InChI=1S/C30H48O3.C27H36N2O4/c1-18(2)19-10-15-30(25(32)33)17-16-28(6)20(24(19)30)8-9-22-27(5)13-12-23(31)26(3,4)21(27)11-14-29(22,28)7;1-4-33-25-17-20(12-13-22(25)27(31)32)18-26(30)28-23(16-19(2)3)21-10-6-7-11-24(21)29-14-8-5-9-15-29/h19-24,31H,1,8-17H2,2-7H3,(H,32,33);6-7,10-13,17,19,23H,4-5,8-9,14-16,18H2,1-3H3,(H,28,30)(H,31,32)/t19-,20+,21-,22+,23-,24+,27-,28+,29+,30-;23-/m00/s1. The van der Waals surface area contributed by atoms with E-state index in [9.17, 15) is 29.7 Å². The number of allylic oxidation sites excluding steroid dienone is 1. The molecule has 9 nitrogen and oxygen atoms in total. The van der Waals surface area contributed by atoms with E-state index in [0.717, 1.165) is 69.2 Å². The maximum Gasteiger partial charge on any atom is 0.339 e. The van der Waals surface area contributed by atoms with Crippen LogP contribution in [0.25, 0.3) is 0 Å². The first-order valence-corrected chi connectivity index (χ1v) is 25.8. The molecule has 364 valence electrons. The smallest absolute Gasteiger partial charge is 0.339 e. The third kappa shape index (κ3) is 8.86. The van der Waals surface area contributed by atoms with Crippen LogP contribution in [0.4, 0.5) is 5.69 Å². The molecule has 66 heavy (non-hydrogen) atoms. The molecule has 8 rings (SSSR count). The molecule has 9 heteroatoms. The fourth-order valence-electron chi connectivity index (χ4n) is 16.0. The molecule has 1 saturated heterocycles. The Morgan fingerprint density at radius 2 is 1.56 bits per heavy atom. The van der Waals surface area contributed by atoms with E-state index in [-0.39, 0.29) is 57.6 Å². The summed E-state index contributed by atoms with van der Waals surface area (Å²) in [7, 11) is 0. The summed E-state index contributed by atoms with van der Waals surface area (Å²) in [5.41, 5.74) is 4.57. The molecule has 0 radical (unpaired) electrons. The second-order valence-corrected chi connectivity index (χ2v) is 23.6. The Labute approximate surface area is 396 Å². The molecule has 2 aromatic carbocycles. The SMILES string of the molecule is C=C(C)[C@@H]1CC[C@]2(C(=O)O)CC[C@]3(C)[C@H](CC[C@@H]4[C@@]5(C)CC[C@H](O)C(C)(C)[C@@H]5CC[C@]43C)[C@@H]12.CCOc1cc(CC(=O)N[C@@H](CC(C)C)c2ccccc2N2CCCCC2)ccc1C(=O)O. The van der Waals surface area contributed by atoms with Gasteiger partial charge in [0.2, 0.25) is 5.91 Å². The predicted molar refractivity (Wildman–Crippen MR) is 264 cm³/mol. The predicted octanol–water partition coefficient (Wildman–Crippen LogP) is 12.3. The van der Waals surface area contributed by atoms with Crippen LogP contribution in [-0.4, -0.2) is 59.0 Å². The maximum absolute atomic E-state index is 13.1. The van der Waals surface area contributed by atoms with E-state index in [1.54, 1.807) is 19.1 Å². The van der Waals surface area contributed by atoms with Gasteiger partial charge in [-0.05, 0) is 190 Å². The number of nitrogens with zero attached hydrogens (tertiary/aromatic N) is 1. The number of aliphatic carboxylic acids is 1. The lowest BCUT2D eigenvalue weighted by Crippen LogP contribution is -2.67. The number of carboxylic acid groups (broad SMARTS) is 2. The van der Waals surface area contributed by atoms with Crippen LogP contribution in [0.15, 0.2) is 54.6 Å². The second-order valence-electron chi connectivity index (χ2n) is 23.6. The first kappa shape index (κ1) is 50.0. The van der Waals surface area contributed by atoms with Crippen molar-refractivity contribution in [1.29, 1.82) is 0 Å². The number of ether oxygens (including phenoxy) is 1. The molecule has 0 aromatic heterocycles. The van der Waals surface area contributed by atoms with Gasteiger partial charge in [-0.2, -0.15) is 0 Å². The minimum absolute atomic E-state index is 0.0202. The Balaban J connectivity index is 0.000000196. The number of aliphatic hydroxyl groups excluding tert-OH is 1. The van der Waals surface area contributed by atoms with Crippen molar-refractivity contribution in [2.75, 3.05) is 24.6 Å². The monoisotopic (exact) mass is 909 g/mol. The van der Waals surface area contributed by atoms with Gasteiger partial charge >= 0.3 is 11.9 Å². The highest BCUT2D eigenvalue weighted by Crippen LogP contribution is 2.77. The van der Waals surface area contributed by atoms with Crippen LogP contribution in [0.3, 0.4) is 0 Å². The summed E-state index contributed by atoms with van der Waals surface area (Å²) < 4.78 is 5.49. The minimum atomic E-state index is -1.04. The third-order valence-corrected chi connectivity index (χ3v) is 19.5. The number of rotatable bonds is 12. The van der Waals surface area contributed by atoms with Gasteiger partial charge in [0.25, 0.3) is 0 Å². The van der Waals surface area contributed by atoms with Gasteiger partial charge < -0.3 is 30.3 Å². The van der Waals surface area contributed by atoms with Gasteiger partial charge in [0.05, 0.1) is 30.6 Å². The van der Waals surface area contributed by atoms with Gasteiger partial charge in [0, 0.05) is 18.8 Å². The van der Waals surface area contributed by atoms with E-state index in [1.807, 2.05) is 6.07 Å². The number of piperidine rings is 1. The number of aliphatic hydroxyl groups is 1. The van der Waals surface area contributed by atoms with E-state index in [1.165, 1.54) is 62.3 Å². The number of fused-ring (bicyclic) bond motifs is 7. The fraction of sp³-hybridized carbons (Fsp3) is 0.702. The van der Waals surface area contributed by atoms with Crippen LogP contribution < -0.4 is 15.0 Å². The Morgan fingerprint density at radius 1 is 0.848 bits per heavy atom. The van der Waals surface area contributed by atoms with Gasteiger partial charge in [-0.15, -0.1) is 0 Å². The molecule has 1 amide bonds. The summed E-state index contributed by atoms with van der Waals surface area (Å²) in [5.74, 6) is 1.39. The zero-order valence-electron chi connectivity index (χ0n) is 42.0. The molecule has 6 aliphatic rings. The van der Waals surface area contributed by atoms with Gasteiger partial charge in [-0.1, -0.05) is 84.9 Å². The maximum atomic E-state index is 13.1. The summed E-state index contributed by atoms with van der Waals surface area (Å²) >= 11 is 0. The molecule has 5 aliphatic carbocycles. The molecule has 4 N–H and O–H groups in total. The van der Waals surface area contributed by atoms with Crippen molar-refractivity contribution < 1.29 is 34.4 Å². The van der Waals surface area contributed by atoms with Crippen molar-refractivity contribution in [3.8, 4) is 5.75 Å². The molecule has 0 bridgehead atoms. The van der Waals surface area contributed by atoms with Crippen molar-refractivity contribution in [2.45, 2.75) is 171 Å². The Kier molecular flexibility index (Phi) is 14.6. The zero-order valence-corrected chi connectivity index (χ0v) is 42.0. The van der Waals surface area contributed by atoms with Gasteiger partial charge in [-0.25, -0.2) is 4.79 Å². The number of carboxylic acids is 2. The highest BCUT2D eigenvalue weighted by atomic mass is 16.5. The van der Waals surface area contributed by atoms with Crippen molar-refractivity contribution in [2.24, 2.45) is 62.6 Å². The first-order valence-electron chi connectivity index (χ1n) is 25.8. The second kappa shape index (κ2) is 19.3. The van der Waals surface area contributed by atoms with Gasteiger partial charge in [0.1, 0.15) is 11.3 Å². The van der Waals surface area contributed by atoms with E-state index >= 15 is 0 Å². The quantitative estimate of drug-likeness (QED) is 0.155. The fourth-order valence-corrected chi connectivity index (χ4v) is 16.0. The number of amides is 1. The number of anilines is 1. The highest BCUT2D eigenvalue weighted by molar-refractivity contribution is 5.91. The largest absolute Gasteiger partial charge is 0.493 e.